The third kappa shape index (κ3) is 3.33. The van der Waals surface area contributed by atoms with Crippen molar-refractivity contribution in [3.63, 3.8) is 0 Å². The molecule has 4 heteroatoms. The Bertz CT molecular complexity index is 1280. The Balaban J connectivity index is 1.40. The minimum Gasteiger partial charge on any atom is -0.489 e. The van der Waals surface area contributed by atoms with Gasteiger partial charge in [-0.2, -0.15) is 0 Å². The number of rotatable bonds is 5. The lowest BCUT2D eigenvalue weighted by molar-refractivity contribution is -0.383. The van der Waals surface area contributed by atoms with E-state index >= 15 is 0 Å². The van der Waals surface area contributed by atoms with Crippen LogP contribution in [0, 0.1) is 10.1 Å². The molecule has 1 aliphatic carbocycles. The van der Waals surface area contributed by atoms with E-state index in [1.165, 1.54) is 5.57 Å². The molecule has 0 amide bonds. The molecule has 0 N–H and O–H groups in total. The van der Waals surface area contributed by atoms with Crippen molar-refractivity contribution in [2.24, 2.45) is 0 Å². The number of ether oxygens (including phenoxy) is 1. The first-order chi connectivity index (χ1) is 14.7. The summed E-state index contributed by atoms with van der Waals surface area (Å²) in [5.41, 5.74) is 5.77. The fraction of sp³-hybridized carbons (Fsp3) is 0.0769. The van der Waals surface area contributed by atoms with E-state index in [9.17, 15) is 10.1 Å². The van der Waals surface area contributed by atoms with E-state index < -0.39 is 0 Å². The minimum absolute atomic E-state index is 0.164. The van der Waals surface area contributed by atoms with Gasteiger partial charge in [0.1, 0.15) is 12.4 Å². The lowest BCUT2D eigenvalue weighted by atomic mass is 10.0. The standard InChI is InChI=1S/C26H19NO3/c28-27(29)25-14-13-23-21(16-20-7-4-8-24(25)26(20)23)15-18-9-11-22(12-10-18)30-17-19-5-2-1-3-6-19/h1-15H,16-17H2. The summed E-state index contributed by atoms with van der Waals surface area (Å²) in [7, 11) is 0. The van der Waals surface area contributed by atoms with Crippen molar-refractivity contribution in [2.75, 3.05) is 0 Å². The summed E-state index contributed by atoms with van der Waals surface area (Å²) in [6, 6.07) is 27.4. The monoisotopic (exact) mass is 393 g/mol. The van der Waals surface area contributed by atoms with Crippen molar-refractivity contribution in [1.82, 2.24) is 0 Å². The second kappa shape index (κ2) is 7.48. The molecule has 146 valence electrons. The number of non-ortho nitro benzene ring substituents is 1. The average molecular weight is 393 g/mol. The van der Waals surface area contributed by atoms with Crippen molar-refractivity contribution < 1.29 is 9.66 Å². The Hall–Kier alpha value is -3.92. The zero-order valence-corrected chi connectivity index (χ0v) is 16.2. The van der Waals surface area contributed by atoms with Crippen LogP contribution in [-0.2, 0) is 13.0 Å². The Morgan fingerprint density at radius 2 is 1.70 bits per heavy atom. The highest BCUT2D eigenvalue weighted by Gasteiger charge is 2.23. The molecule has 0 aliphatic heterocycles. The van der Waals surface area contributed by atoms with Gasteiger partial charge in [0.05, 0.1) is 10.3 Å². The van der Waals surface area contributed by atoms with Gasteiger partial charge in [-0.15, -0.1) is 0 Å². The highest BCUT2D eigenvalue weighted by Crippen LogP contribution is 2.41. The molecule has 0 spiro atoms. The van der Waals surface area contributed by atoms with Gasteiger partial charge in [0.2, 0.25) is 0 Å². The molecule has 30 heavy (non-hydrogen) atoms. The molecule has 0 aromatic heterocycles. The number of nitrogens with zero attached hydrogens (tertiary/aromatic N) is 1. The van der Waals surface area contributed by atoms with Gasteiger partial charge < -0.3 is 4.74 Å². The highest BCUT2D eigenvalue weighted by atomic mass is 16.6. The quantitative estimate of drug-likeness (QED) is 0.290. The zero-order valence-electron chi connectivity index (χ0n) is 16.2. The second-order valence-corrected chi connectivity index (χ2v) is 7.42. The first-order valence-corrected chi connectivity index (χ1v) is 9.86. The first-order valence-electron chi connectivity index (χ1n) is 9.86. The summed E-state index contributed by atoms with van der Waals surface area (Å²) in [6.07, 6.45) is 2.93. The van der Waals surface area contributed by atoms with Gasteiger partial charge in [-0.1, -0.05) is 60.7 Å². The number of benzene rings is 4. The maximum absolute atomic E-state index is 11.4. The van der Waals surface area contributed by atoms with Gasteiger partial charge in [0.25, 0.3) is 5.69 Å². The number of hydrogen-bond donors (Lipinski definition) is 0. The Morgan fingerprint density at radius 1 is 0.900 bits per heavy atom. The van der Waals surface area contributed by atoms with E-state index in [1.807, 2.05) is 72.8 Å². The van der Waals surface area contributed by atoms with E-state index in [2.05, 4.69) is 12.1 Å². The van der Waals surface area contributed by atoms with Crippen LogP contribution in [0.5, 0.6) is 5.75 Å². The molecule has 0 saturated carbocycles. The van der Waals surface area contributed by atoms with Gasteiger partial charge in [-0.3, -0.25) is 10.1 Å². The third-order valence-electron chi connectivity index (χ3n) is 5.50. The molecule has 0 bridgehead atoms. The van der Waals surface area contributed by atoms with Crippen molar-refractivity contribution in [3.05, 3.63) is 117 Å². The number of hydrogen-bond acceptors (Lipinski definition) is 3. The smallest absolute Gasteiger partial charge is 0.277 e. The van der Waals surface area contributed by atoms with E-state index in [4.69, 9.17) is 4.74 Å². The van der Waals surface area contributed by atoms with E-state index in [0.29, 0.717) is 12.0 Å². The van der Waals surface area contributed by atoms with Crippen LogP contribution in [0.3, 0.4) is 0 Å². The fourth-order valence-corrected chi connectivity index (χ4v) is 4.07. The van der Waals surface area contributed by atoms with Crippen molar-refractivity contribution in [1.29, 1.82) is 0 Å². The summed E-state index contributed by atoms with van der Waals surface area (Å²) >= 11 is 0. The topological polar surface area (TPSA) is 52.4 Å². The fourth-order valence-electron chi connectivity index (χ4n) is 4.07. The van der Waals surface area contributed by atoms with Gasteiger partial charge >= 0.3 is 0 Å². The van der Waals surface area contributed by atoms with Crippen LogP contribution < -0.4 is 4.74 Å². The zero-order chi connectivity index (χ0) is 20.5. The Morgan fingerprint density at radius 3 is 2.47 bits per heavy atom. The summed E-state index contributed by atoms with van der Waals surface area (Å²) in [5.74, 6) is 0.827. The molecule has 0 fully saturated rings. The summed E-state index contributed by atoms with van der Waals surface area (Å²) in [5, 5.41) is 13.1. The van der Waals surface area contributed by atoms with Crippen molar-refractivity contribution >= 4 is 28.1 Å². The number of nitro benzene ring substituents is 1. The van der Waals surface area contributed by atoms with Crippen LogP contribution in [0.4, 0.5) is 5.69 Å². The normalized spacial score (nSPS) is 13.7. The van der Waals surface area contributed by atoms with Crippen LogP contribution in [0.25, 0.3) is 22.4 Å². The number of nitro groups is 1. The van der Waals surface area contributed by atoms with Crippen molar-refractivity contribution in [2.45, 2.75) is 13.0 Å². The summed E-state index contributed by atoms with van der Waals surface area (Å²) in [4.78, 5) is 11.1. The SMILES string of the molecule is O=[N+]([O-])c1ccc2c3c(cccc13)CC2=Cc1ccc(OCc2ccccc2)cc1. The van der Waals surface area contributed by atoms with Crippen LogP contribution >= 0.6 is 0 Å². The predicted molar refractivity (Wildman–Crippen MR) is 119 cm³/mol. The number of allylic oxidation sites excluding steroid dienone is 1. The second-order valence-electron chi connectivity index (χ2n) is 7.42. The van der Waals surface area contributed by atoms with Gasteiger partial charge in [-0.25, -0.2) is 0 Å². The molecule has 0 atom stereocenters. The van der Waals surface area contributed by atoms with Crippen molar-refractivity contribution in [3.8, 4) is 5.75 Å². The lowest BCUT2D eigenvalue weighted by Crippen LogP contribution is -1.94. The minimum atomic E-state index is -0.307. The molecule has 0 saturated heterocycles. The third-order valence-corrected chi connectivity index (χ3v) is 5.50. The highest BCUT2D eigenvalue weighted by molar-refractivity contribution is 6.08. The van der Waals surface area contributed by atoms with Gasteiger partial charge in [0, 0.05) is 6.07 Å². The molecular formula is C26H19NO3. The van der Waals surface area contributed by atoms with E-state index in [-0.39, 0.29) is 10.6 Å². The summed E-state index contributed by atoms with van der Waals surface area (Å²) < 4.78 is 5.87. The maximum Gasteiger partial charge on any atom is 0.277 e. The molecule has 0 unspecified atom stereocenters. The van der Waals surface area contributed by atoms with Crippen LogP contribution in [0.1, 0.15) is 22.3 Å². The first kappa shape index (κ1) is 18.1. The largest absolute Gasteiger partial charge is 0.489 e. The van der Waals surface area contributed by atoms with E-state index in [1.54, 1.807) is 6.07 Å². The molecule has 0 heterocycles. The van der Waals surface area contributed by atoms with Gasteiger partial charge in [-0.05, 0) is 63.9 Å². The van der Waals surface area contributed by atoms with Crippen LogP contribution in [0.15, 0.2) is 84.9 Å². The molecule has 1 aliphatic rings. The molecule has 5 rings (SSSR count). The van der Waals surface area contributed by atoms with Crippen LogP contribution in [0.2, 0.25) is 0 Å². The lowest BCUT2D eigenvalue weighted by Gasteiger charge is -2.07. The molecule has 4 nitrogen and oxygen atoms in total. The molecule has 4 aromatic rings. The van der Waals surface area contributed by atoms with E-state index in [0.717, 1.165) is 39.8 Å². The summed E-state index contributed by atoms with van der Waals surface area (Å²) in [6.45, 7) is 0.539. The van der Waals surface area contributed by atoms with Gasteiger partial charge in [0.15, 0.2) is 0 Å². The molecule has 0 radical (unpaired) electrons. The predicted octanol–water partition coefficient (Wildman–Crippen LogP) is 6.42. The average Bonchev–Trinajstić information content (AvgIpc) is 3.13. The van der Waals surface area contributed by atoms with Crippen LogP contribution in [-0.4, -0.2) is 4.92 Å². The molecule has 4 aromatic carbocycles. The Labute approximate surface area is 174 Å². The molecular weight excluding hydrogens is 374 g/mol. The maximum atomic E-state index is 11.4. The Kier molecular flexibility index (Phi) is 4.52.